The van der Waals surface area contributed by atoms with Crippen LogP contribution >= 0.6 is 0 Å². The van der Waals surface area contributed by atoms with Crippen LogP contribution in [0.3, 0.4) is 0 Å². The second kappa shape index (κ2) is 4.04. The first-order valence-electron chi connectivity index (χ1n) is 4.42. The Bertz CT molecular complexity index is 243. The molecule has 14 heavy (non-hydrogen) atoms. The molecule has 0 aromatic carbocycles. The normalized spacial score (nSPS) is 25.2. The first-order chi connectivity index (χ1) is 6.47. The fraction of sp³-hybridized carbons (Fsp3) is 0.667. The monoisotopic (exact) mass is 205 g/mol. The average Bonchev–Trinajstić information content (AvgIpc) is 2.69. The van der Waals surface area contributed by atoms with Gasteiger partial charge >= 0.3 is 0 Å². The minimum Gasteiger partial charge on any atom is -0.383 e. The number of halogens is 2. The summed E-state index contributed by atoms with van der Waals surface area (Å²) < 4.78 is 24.8. The van der Waals surface area contributed by atoms with Gasteiger partial charge < -0.3 is 10.4 Å². The zero-order valence-electron chi connectivity index (χ0n) is 7.67. The first kappa shape index (κ1) is 11.1. The van der Waals surface area contributed by atoms with E-state index in [2.05, 4.69) is 11.9 Å². The molecule has 1 aliphatic carbocycles. The highest BCUT2D eigenvalue weighted by molar-refractivity contribution is 5.80. The van der Waals surface area contributed by atoms with Crippen molar-refractivity contribution < 1.29 is 18.7 Å². The molecule has 1 amide bonds. The number of hydrogen-bond donors (Lipinski definition) is 2. The molecule has 0 bridgehead atoms. The first-order valence-corrected chi connectivity index (χ1v) is 4.42. The van der Waals surface area contributed by atoms with Gasteiger partial charge in [0.15, 0.2) is 0 Å². The largest absolute Gasteiger partial charge is 0.383 e. The van der Waals surface area contributed by atoms with E-state index in [0.29, 0.717) is 0 Å². The van der Waals surface area contributed by atoms with Crippen molar-refractivity contribution in [3.05, 3.63) is 12.7 Å². The van der Waals surface area contributed by atoms with E-state index in [1.54, 1.807) is 0 Å². The highest BCUT2D eigenvalue weighted by atomic mass is 19.3. The van der Waals surface area contributed by atoms with Crippen LogP contribution in [0.1, 0.15) is 12.8 Å². The van der Waals surface area contributed by atoms with E-state index in [-0.39, 0.29) is 19.4 Å². The molecule has 2 atom stereocenters. The Morgan fingerprint density at radius 2 is 2.36 bits per heavy atom. The number of rotatable bonds is 5. The number of carbonyl (C=O) groups excluding carboxylic acids is 1. The summed E-state index contributed by atoms with van der Waals surface area (Å²) in [7, 11) is 0. The van der Waals surface area contributed by atoms with Crippen molar-refractivity contribution in [2.24, 2.45) is 5.92 Å². The quantitative estimate of drug-likeness (QED) is 0.649. The second-order valence-corrected chi connectivity index (χ2v) is 3.45. The van der Waals surface area contributed by atoms with Gasteiger partial charge in [0.2, 0.25) is 5.91 Å². The average molecular weight is 205 g/mol. The third-order valence-electron chi connectivity index (χ3n) is 2.19. The van der Waals surface area contributed by atoms with E-state index in [1.807, 2.05) is 0 Å². The molecular formula is C9H13F2NO2. The van der Waals surface area contributed by atoms with Gasteiger partial charge in [-0.25, -0.2) is 8.78 Å². The molecular weight excluding hydrogens is 192 g/mol. The molecule has 0 radical (unpaired) electrons. The van der Waals surface area contributed by atoms with Crippen molar-refractivity contribution in [2.75, 3.05) is 6.54 Å². The van der Waals surface area contributed by atoms with Crippen molar-refractivity contribution in [1.29, 1.82) is 0 Å². The summed E-state index contributed by atoms with van der Waals surface area (Å²) in [5, 5.41) is 11.5. The zero-order chi connectivity index (χ0) is 10.8. The van der Waals surface area contributed by atoms with E-state index >= 15 is 0 Å². The smallest absolute Gasteiger partial charge is 0.251 e. The van der Waals surface area contributed by atoms with Gasteiger partial charge in [0.25, 0.3) is 5.92 Å². The summed E-state index contributed by atoms with van der Waals surface area (Å²) in [4.78, 5) is 11.0. The van der Waals surface area contributed by atoms with Crippen LogP contribution in [0.2, 0.25) is 0 Å². The van der Waals surface area contributed by atoms with Crippen LogP contribution in [0.25, 0.3) is 0 Å². The predicted octanol–water partition coefficient (Wildman–Crippen LogP) is 0.695. The minimum atomic E-state index is -2.68. The summed E-state index contributed by atoms with van der Waals surface area (Å²) in [6.07, 6.45) is -0.279. The van der Waals surface area contributed by atoms with Crippen molar-refractivity contribution in [2.45, 2.75) is 24.9 Å². The van der Waals surface area contributed by atoms with Gasteiger partial charge in [-0.2, -0.15) is 0 Å². The number of amides is 1. The number of carbonyl (C=O) groups is 1. The third-order valence-corrected chi connectivity index (χ3v) is 2.19. The van der Waals surface area contributed by atoms with E-state index in [9.17, 15) is 18.7 Å². The molecule has 1 aliphatic rings. The molecule has 1 rings (SSSR count). The molecule has 0 saturated heterocycles. The van der Waals surface area contributed by atoms with Gasteiger partial charge in [0.1, 0.15) is 6.10 Å². The SMILES string of the molecule is C=CCNC(=O)[C@@H](O)CC1CC1(F)F. The standard InChI is InChI=1S/C9H13F2NO2/c1-2-3-12-8(14)7(13)4-6-5-9(6,10)11/h2,6-7,13H,1,3-5H2,(H,12,14)/t6?,7-/m0/s1. The van der Waals surface area contributed by atoms with Gasteiger partial charge in [-0.1, -0.05) is 6.08 Å². The molecule has 1 fully saturated rings. The highest BCUT2D eigenvalue weighted by Gasteiger charge is 2.57. The Balaban J connectivity index is 2.24. The molecule has 0 heterocycles. The van der Waals surface area contributed by atoms with Gasteiger partial charge in [0.05, 0.1) is 0 Å². The molecule has 0 spiro atoms. The lowest BCUT2D eigenvalue weighted by Gasteiger charge is -2.09. The van der Waals surface area contributed by atoms with E-state index < -0.39 is 23.9 Å². The molecule has 0 aliphatic heterocycles. The lowest BCUT2D eigenvalue weighted by Crippen LogP contribution is -2.35. The zero-order valence-corrected chi connectivity index (χ0v) is 7.67. The Morgan fingerprint density at radius 3 is 2.79 bits per heavy atom. The van der Waals surface area contributed by atoms with Crippen LogP contribution < -0.4 is 5.32 Å². The van der Waals surface area contributed by atoms with Crippen molar-refractivity contribution in [3.63, 3.8) is 0 Å². The van der Waals surface area contributed by atoms with Crippen LogP contribution in [-0.2, 0) is 4.79 Å². The fourth-order valence-corrected chi connectivity index (χ4v) is 1.19. The lowest BCUT2D eigenvalue weighted by atomic mass is 10.1. The molecule has 1 unspecified atom stereocenters. The lowest BCUT2D eigenvalue weighted by molar-refractivity contribution is -0.129. The predicted molar refractivity (Wildman–Crippen MR) is 46.9 cm³/mol. The topological polar surface area (TPSA) is 49.3 Å². The van der Waals surface area contributed by atoms with Gasteiger partial charge in [-0.15, -0.1) is 6.58 Å². The number of nitrogens with one attached hydrogen (secondary N) is 1. The van der Waals surface area contributed by atoms with Gasteiger partial charge in [-0.05, 0) is 6.42 Å². The van der Waals surface area contributed by atoms with E-state index in [0.717, 1.165) is 0 Å². The Morgan fingerprint density at radius 1 is 1.79 bits per heavy atom. The minimum absolute atomic E-state index is 0.171. The van der Waals surface area contributed by atoms with Gasteiger partial charge in [-0.3, -0.25) is 4.79 Å². The summed E-state index contributed by atoms with van der Waals surface area (Å²) in [5.74, 6) is -4.14. The van der Waals surface area contributed by atoms with Crippen molar-refractivity contribution >= 4 is 5.91 Å². The van der Waals surface area contributed by atoms with Gasteiger partial charge in [0, 0.05) is 18.9 Å². The van der Waals surface area contributed by atoms with E-state index in [1.165, 1.54) is 6.08 Å². The summed E-state index contributed by atoms with van der Waals surface area (Å²) >= 11 is 0. The van der Waals surface area contributed by atoms with E-state index in [4.69, 9.17) is 0 Å². The second-order valence-electron chi connectivity index (χ2n) is 3.45. The van der Waals surface area contributed by atoms with Crippen LogP contribution in [0.4, 0.5) is 8.78 Å². The van der Waals surface area contributed by atoms with Crippen LogP contribution in [-0.4, -0.2) is 29.6 Å². The molecule has 80 valence electrons. The number of aliphatic hydroxyl groups is 1. The molecule has 5 heteroatoms. The summed E-state index contributed by atoms with van der Waals surface area (Å²) in [6.45, 7) is 3.61. The maximum absolute atomic E-state index is 12.4. The van der Waals surface area contributed by atoms with Crippen molar-refractivity contribution in [1.82, 2.24) is 5.32 Å². The third kappa shape index (κ3) is 2.77. The molecule has 0 aromatic heterocycles. The highest BCUT2D eigenvalue weighted by Crippen LogP contribution is 2.51. The summed E-state index contributed by atoms with van der Waals surface area (Å²) in [5.41, 5.74) is 0. The maximum Gasteiger partial charge on any atom is 0.251 e. The Labute approximate surface area is 80.8 Å². The Hall–Kier alpha value is -0.970. The van der Waals surface area contributed by atoms with Crippen LogP contribution in [0.15, 0.2) is 12.7 Å². The van der Waals surface area contributed by atoms with Crippen LogP contribution in [0, 0.1) is 5.92 Å². The van der Waals surface area contributed by atoms with Crippen LogP contribution in [0.5, 0.6) is 0 Å². The number of alkyl halides is 2. The fourth-order valence-electron chi connectivity index (χ4n) is 1.19. The number of aliphatic hydroxyl groups excluding tert-OH is 1. The Kier molecular flexibility index (Phi) is 3.21. The number of hydrogen-bond acceptors (Lipinski definition) is 2. The molecule has 0 aromatic rings. The molecule has 3 nitrogen and oxygen atoms in total. The molecule has 1 saturated carbocycles. The maximum atomic E-state index is 12.4. The summed E-state index contributed by atoms with van der Waals surface area (Å²) in [6, 6.07) is 0. The van der Waals surface area contributed by atoms with Crippen molar-refractivity contribution in [3.8, 4) is 0 Å². The molecule has 2 N–H and O–H groups in total.